The lowest BCUT2D eigenvalue weighted by molar-refractivity contribution is 0.0384. The first kappa shape index (κ1) is 22.8. The van der Waals surface area contributed by atoms with Crippen LogP contribution in [-0.4, -0.2) is 41.0 Å². The molecule has 1 amide bonds. The SMILES string of the molecule is Cc1nc2c(C)ncc(C)n2c1C(=O)N1C2CCCC1c1nn(C)c(-c3cc(F)c(F)c(F)c3)c1C2. The minimum Gasteiger partial charge on any atom is -0.325 e. The van der Waals surface area contributed by atoms with Crippen molar-refractivity contribution < 1.29 is 18.0 Å². The number of aromatic nitrogens is 5. The highest BCUT2D eigenvalue weighted by Gasteiger charge is 2.44. The molecule has 2 aliphatic rings. The standard InChI is InChI=1S/C26H25F3N6O/c1-12-11-30-14(3)25-31-13(2)23(34(12)25)26(36)35-16-6-5-7-20(35)22-17(10-16)24(33(4)32-22)15-8-18(27)21(29)19(28)9-15/h8-9,11,16,20H,5-7,10H2,1-4H3. The minimum absolute atomic E-state index is 0.102. The Bertz CT molecular complexity index is 1550. The van der Waals surface area contributed by atoms with E-state index in [0.29, 0.717) is 29.1 Å². The van der Waals surface area contributed by atoms with Gasteiger partial charge >= 0.3 is 0 Å². The monoisotopic (exact) mass is 494 g/mol. The van der Waals surface area contributed by atoms with E-state index < -0.39 is 17.5 Å². The van der Waals surface area contributed by atoms with Crippen molar-refractivity contribution in [1.29, 1.82) is 0 Å². The molecule has 2 aliphatic heterocycles. The van der Waals surface area contributed by atoms with E-state index in [2.05, 4.69) is 9.97 Å². The molecule has 4 aromatic rings. The van der Waals surface area contributed by atoms with Crippen LogP contribution < -0.4 is 0 Å². The van der Waals surface area contributed by atoms with Gasteiger partial charge in [0.25, 0.3) is 5.91 Å². The third-order valence-electron chi connectivity index (χ3n) is 7.54. The van der Waals surface area contributed by atoms with Gasteiger partial charge in [-0.1, -0.05) is 0 Å². The van der Waals surface area contributed by atoms with E-state index >= 15 is 0 Å². The Morgan fingerprint density at radius 3 is 2.50 bits per heavy atom. The quantitative estimate of drug-likeness (QED) is 0.377. The van der Waals surface area contributed by atoms with Crippen LogP contribution in [0.4, 0.5) is 13.2 Å². The number of carbonyl (C=O) groups excluding carboxylic acids is 1. The van der Waals surface area contributed by atoms with Crippen LogP contribution in [0.5, 0.6) is 0 Å². The largest absolute Gasteiger partial charge is 0.325 e. The molecule has 5 heterocycles. The zero-order valence-corrected chi connectivity index (χ0v) is 20.4. The van der Waals surface area contributed by atoms with Gasteiger partial charge in [-0.05, 0) is 58.6 Å². The number of hydrogen-bond donors (Lipinski definition) is 0. The third-order valence-corrected chi connectivity index (χ3v) is 7.54. The first-order chi connectivity index (χ1) is 17.2. The molecule has 1 aromatic carbocycles. The van der Waals surface area contributed by atoms with Gasteiger partial charge in [0.1, 0.15) is 5.69 Å². The Hall–Kier alpha value is -3.69. The van der Waals surface area contributed by atoms with Crippen LogP contribution >= 0.6 is 0 Å². The summed E-state index contributed by atoms with van der Waals surface area (Å²) in [6.07, 6.45) is 4.71. The molecule has 10 heteroatoms. The predicted octanol–water partition coefficient (Wildman–Crippen LogP) is 4.76. The Balaban J connectivity index is 1.48. The number of carbonyl (C=O) groups is 1. The number of amides is 1. The Morgan fingerprint density at radius 2 is 1.78 bits per heavy atom. The summed E-state index contributed by atoms with van der Waals surface area (Å²) in [5, 5.41) is 4.71. The van der Waals surface area contributed by atoms with Gasteiger partial charge < -0.3 is 4.90 Å². The summed E-state index contributed by atoms with van der Waals surface area (Å²) in [4.78, 5) is 25.1. The lowest BCUT2D eigenvalue weighted by atomic mass is 9.81. The lowest BCUT2D eigenvalue weighted by Gasteiger charge is -2.45. The number of aryl methyl sites for hydroxylation is 4. The van der Waals surface area contributed by atoms with Gasteiger partial charge in [0, 0.05) is 36.1 Å². The highest BCUT2D eigenvalue weighted by molar-refractivity contribution is 5.96. The molecule has 0 N–H and O–H groups in total. The maximum atomic E-state index is 14.1. The topological polar surface area (TPSA) is 68.3 Å². The van der Waals surface area contributed by atoms with Crippen LogP contribution in [-0.2, 0) is 13.5 Å². The van der Waals surface area contributed by atoms with Crippen molar-refractivity contribution in [2.45, 2.75) is 58.5 Å². The summed E-state index contributed by atoms with van der Waals surface area (Å²) >= 11 is 0. The van der Waals surface area contributed by atoms with Crippen LogP contribution in [0.2, 0.25) is 0 Å². The maximum Gasteiger partial charge on any atom is 0.273 e. The number of halogens is 3. The molecule has 1 saturated heterocycles. The number of piperidine rings is 1. The van der Waals surface area contributed by atoms with Crippen LogP contribution in [0.3, 0.4) is 0 Å². The average Bonchev–Trinajstić information content (AvgIpc) is 3.36. The van der Waals surface area contributed by atoms with Crippen molar-refractivity contribution in [3.8, 4) is 11.3 Å². The zero-order chi connectivity index (χ0) is 25.5. The third kappa shape index (κ3) is 3.12. The number of fused-ring (bicyclic) bond motifs is 5. The zero-order valence-electron chi connectivity index (χ0n) is 20.4. The van der Waals surface area contributed by atoms with Crippen LogP contribution in [0.15, 0.2) is 18.3 Å². The van der Waals surface area contributed by atoms with E-state index in [1.54, 1.807) is 17.9 Å². The Kier molecular flexibility index (Phi) is 5.00. The molecular formula is C26H25F3N6O. The second-order valence-corrected chi connectivity index (χ2v) is 9.80. The van der Waals surface area contributed by atoms with Crippen molar-refractivity contribution in [3.05, 3.63) is 69.8 Å². The Morgan fingerprint density at radius 1 is 1.06 bits per heavy atom. The van der Waals surface area contributed by atoms with Gasteiger partial charge in [-0.3, -0.25) is 18.9 Å². The number of benzene rings is 1. The summed E-state index contributed by atoms with van der Waals surface area (Å²) < 4.78 is 45.2. The van der Waals surface area contributed by atoms with E-state index in [0.717, 1.165) is 54.0 Å². The second-order valence-electron chi connectivity index (χ2n) is 9.80. The smallest absolute Gasteiger partial charge is 0.273 e. The molecule has 2 unspecified atom stereocenters. The second kappa shape index (κ2) is 7.91. The molecule has 2 atom stereocenters. The van der Waals surface area contributed by atoms with Gasteiger partial charge in [0.05, 0.1) is 28.8 Å². The molecule has 1 fully saturated rings. The van der Waals surface area contributed by atoms with Crippen molar-refractivity contribution >= 4 is 11.6 Å². The lowest BCUT2D eigenvalue weighted by Crippen LogP contribution is -2.50. The van der Waals surface area contributed by atoms with E-state index in [9.17, 15) is 18.0 Å². The molecule has 7 nitrogen and oxygen atoms in total. The molecule has 0 radical (unpaired) electrons. The first-order valence-electron chi connectivity index (χ1n) is 12.0. The van der Waals surface area contributed by atoms with Crippen LogP contribution in [0.1, 0.15) is 64.1 Å². The highest BCUT2D eigenvalue weighted by atomic mass is 19.2. The van der Waals surface area contributed by atoms with Gasteiger partial charge in [0.2, 0.25) is 0 Å². The summed E-state index contributed by atoms with van der Waals surface area (Å²) in [7, 11) is 1.71. The maximum absolute atomic E-state index is 14.1. The first-order valence-corrected chi connectivity index (χ1v) is 12.0. The van der Waals surface area contributed by atoms with E-state index in [1.807, 2.05) is 30.1 Å². The van der Waals surface area contributed by atoms with Crippen molar-refractivity contribution in [3.63, 3.8) is 0 Å². The Labute approximate surface area is 205 Å². The molecule has 186 valence electrons. The molecule has 0 saturated carbocycles. The summed E-state index contributed by atoms with van der Waals surface area (Å²) in [5.41, 5.74) is 5.76. The minimum atomic E-state index is -1.49. The molecule has 6 rings (SSSR count). The number of imidazole rings is 1. The average molecular weight is 495 g/mol. The molecule has 2 bridgehead atoms. The van der Waals surface area contributed by atoms with E-state index in [-0.39, 0.29) is 23.6 Å². The fourth-order valence-corrected chi connectivity index (χ4v) is 6.00. The van der Waals surface area contributed by atoms with Gasteiger partial charge in [0.15, 0.2) is 23.1 Å². The van der Waals surface area contributed by atoms with Crippen molar-refractivity contribution in [2.75, 3.05) is 0 Å². The number of hydrogen-bond acceptors (Lipinski definition) is 4. The summed E-state index contributed by atoms with van der Waals surface area (Å²) in [5.74, 6) is -4.08. The van der Waals surface area contributed by atoms with Gasteiger partial charge in [-0.15, -0.1) is 0 Å². The number of nitrogens with zero attached hydrogens (tertiary/aromatic N) is 6. The molecule has 3 aromatic heterocycles. The molecule has 0 spiro atoms. The molecular weight excluding hydrogens is 469 g/mol. The molecule has 0 aliphatic carbocycles. The van der Waals surface area contributed by atoms with Crippen LogP contribution in [0.25, 0.3) is 16.9 Å². The predicted molar refractivity (Wildman–Crippen MR) is 126 cm³/mol. The van der Waals surface area contributed by atoms with Crippen molar-refractivity contribution in [2.24, 2.45) is 7.05 Å². The van der Waals surface area contributed by atoms with E-state index in [4.69, 9.17) is 5.10 Å². The van der Waals surface area contributed by atoms with Crippen LogP contribution in [0, 0.1) is 38.2 Å². The normalized spacial score (nSPS) is 19.1. The number of rotatable bonds is 2. The van der Waals surface area contributed by atoms with Gasteiger partial charge in [-0.25, -0.2) is 18.2 Å². The molecule has 36 heavy (non-hydrogen) atoms. The highest BCUT2D eigenvalue weighted by Crippen LogP contribution is 2.45. The summed E-state index contributed by atoms with van der Waals surface area (Å²) in [6.45, 7) is 5.60. The van der Waals surface area contributed by atoms with Gasteiger partial charge in [-0.2, -0.15) is 5.10 Å². The fourth-order valence-electron chi connectivity index (χ4n) is 6.00. The van der Waals surface area contributed by atoms with Crippen molar-refractivity contribution in [1.82, 2.24) is 29.0 Å². The summed E-state index contributed by atoms with van der Waals surface area (Å²) in [6, 6.07) is 1.63. The van der Waals surface area contributed by atoms with E-state index in [1.165, 1.54) is 0 Å². The fraction of sp³-hybridized carbons (Fsp3) is 0.385.